The summed E-state index contributed by atoms with van der Waals surface area (Å²) in [5.41, 5.74) is -1.23. The van der Waals surface area contributed by atoms with Gasteiger partial charge in [0.15, 0.2) is 11.5 Å². The molecule has 0 aliphatic carbocycles. The molecule has 0 radical (unpaired) electrons. The molecule has 120 valence electrons. The predicted molar refractivity (Wildman–Crippen MR) is 60.4 cm³/mol. The molecule has 1 rings (SSSR count). The van der Waals surface area contributed by atoms with E-state index < -0.39 is 36.0 Å². The van der Waals surface area contributed by atoms with Gasteiger partial charge in [-0.2, -0.15) is 14.0 Å². The number of ether oxygens (including phenoxy) is 3. The lowest BCUT2D eigenvalue weighted by Gasteiger charge is -2.17. The molecule has 0 bridgehead atoms. The quantitative estimate of drug-likeness (QED) is 0.614. The smallest absolute Gasteiger partial charge is 0.462 e. The Labute approximate surface area is 120 Å². The van der Waals surface area contributed by atoms with E-state index in [1.807, 2.05) is 0 Å². The van der Waals surface area contributed by atoms with Crippen molar-refractivity contribution in [1.29, 1.82) is 5.26 Å². The Morgan fingerprint density at radius 1 is 1.36 bits per heavy atom. The zero-order valence-electron chi connectivity index (χ0n) is 10.9. The average molecular weight is 325 g/mol. The van der Waals surface area contributed by atoms with Gasteiger partial charge in [0, 0.05) is 6.07 Å². The first-order valence-corrected chi connectivity index (χ1v) is 5.63. The van der Waals surface area contributed by atoms with Crippen molar-refractivity contribution in [3.8, 4) is 17.6 Å². The summed E-state index contributed by atoms with van der Waals surface area (Å²) in [6, 6.07) is 2.81. The number of rotatable bonds is 5. The average Bonchev–Trinajstić information content (AvgIpc) is 2.38. The number of hydrogen-bond donors (Lipinski definition) is 0. The zero-order chi connectivity index (χ0) is 16.9. The van der Waals surface area contributed by atoms with Crippen molar-refractivity contribution in [2.75, 3.05) is 6.61 Å². The summed E-state index contributed by atoms with van der Waals surface area (Å²) < 4.78 is 73.7. The van der Waals surface area contributed by atoms with Crippen molar-refractivity contribution < 1.29 is 41.0 Å². The normalized spacial score (nSPS) is 11.0. The molecule has 0 aromatic heterocycles. The van der Waals surface area contributed by atoms with Crippen LogP contribution in [0.4, 0.5) is 22.0 Å². The molecule has 22 heavy (non-hydrogen) atoms. The SMILES string of the molecule is CCOC(=O)c1cc(C#N)cc(OC(F)F)c1OC(F)(F)F. The van der Waals surface area contributed by atoms with Gasteiger partial charge in [0.25, 0.3) is 0 Å². The van der Waals surface area contributed by atoms with E-state index in [2.05, 4.69) is 14.2 Å². The zero-order valence-corrected chi connectivity index (χ0v) is 10.9. The van der Waals surface area contributed by atoms with E-state index in [0.29, 0.717) is 6.07 Å². The van der Waals surface area contributed by atoms with Gasteiger partial charge in [0.1, 0.15) is 5.56 Å². The predicted octanol–water partition coefficient (Wildman–Crippen LogP) is 3.23. The summed E-state index contributed by atoms with van der Waals surface area (Å²) in [5.74, 6) is -3.68. The van der Waals surface area contributed by atoms with Crippen LogP contribution in [0.2, 0.25) is 0 Å². The second-order valence-corrected chi connectivity index (χ2v) is 3.61. The summed E-state index contributed by atoms with van der Waals surface area (Å²) in [6.07, 6.45) is -5.27. The van der Waals surface area contributed by atoms with Crippen LogP contribution in [0, 0.1) is 11.3 Å². The first-order valence-electron chi connectivity index (χ1n) is 5.63. The number of esters is 1. The molecular formula is C12H8F5NO4. The van der Waals surface area contributed by atoms with E-state index in [0.717, 1.165) is 6.07 Å². The van der Waals surface area contributed by atoms with E-state index in [-0.39, 0.29) is 12.2 Å². The standard InChI is InChI=1S/C12H8F5NO4/c1-2-20-10(19)7-3-6(5-18)4-8(21-11(13)14)9(7)22-12(15,16)17/h3-4,11H,2H2,1H3. The van der Waals surface area contributed by atoms with Crippen LogP contribution < -0.4 is 9.47 Å². The van der Waals surface area contributed by atoms with E-state index in [4.69, 9.17) is 5.26 Å². The minimum atomic E-state index is -5.27. The van der Waals surface area contributed by atoms with Crippen LogP contribution in [0.1, 0.15) is 22.8 Å². The fourth-order valence-electron chi connectivity index (χ4n) is 1.43. The maximum atomic E-state index is 12.4. The molecule has 5 nitrogen and oxygen atoms in total. The van der Waals surface area contributed by atoms with E-state index in [1.165, 1.54) is 13.0 Å². The highest BCUT2D eigenvalue weighted by molar-refractivity contribution is 5.94. The Hall–Kier alpha value is -2.57. The summed E-state index contributed by atoms with van der Waals surface area (Å²) in [5, 5.41) is 8.75. The van der Waals surface area contributed by atoms with E-state index in [1.54, 1.807) is 0 Å². The van der Waals surface area contributed by atoms with Crippen molar-refractivity contribution in [2.45, 2.75) is 19.9 Å². The highest BCUT2D eigenvalue weighted by Gasteiger charge is 2.36. The van der Waals surface area contributed by atoms with Gasteiger partial charge in [-0.1, -0.05) is 0 Å². The fourth-order valence-corrected chi connectivity index (χ4v) is 1.43. The molecule has 0 aliphatic heterocycles. The lowest BCUT2D eigenvalue weighted by atomic mass is 10.1. The highest BCUT2D eigenvalue weighted by Crippen LogP contribution is 2.38. The number of carbonyl (C=O) groups is 1. The summed E-state index contributed by atoms with van der Waals surface area (Å²) in [6.45, 7) is -2.29. The lowest BCUT2D eigenvalue weighted by Crippen LogP contribution is -2.21. The monoisotopic (exact) mass is 325 g/mol. The number of halogens is 5. The summed E-state index contributed by atoms with van der Waals surface area (Å²) in [4.78, 5) is 11.6. The van der Waals surface area contributed by atoms with Gasteiger partial charge in [-0.25, -0.2) is 4.79 Å². The molecule has 10 heteroatoms. The Morgan fingerprint density at radius 3 is 2.45 bits per heavy atom. The van der Waals surface area contributed by atoms with Gasteiger partial charge in [-0.15, -0.1) is 13.2 Å². The van der Waals surface area contributed by atoms with Gasteiger partial charge >= 0.3 is 18.9 Å². The van der Waals surface area contributed by atoms with Crippen molar-refractivity contribution >= 4 is 5.97 Å². The van der Waals surface area contributed by atoms with Crippen LogP contribution in [0.25, 0.3) is 0 Å². The van der Waals surface area contributed by atoms with Gasteiger partial charge in [-0.05, 0) is 13.0 Å². The van der Waals surface area contributed by atoms with E-state index in [9.17, 15) is 26.7 Å². The van der Waals surface area contributed by atoms with Gasteiger partial charge < -0.3 is 14.2 Å². The third-order valence-electron chi connectivity index (χ3n) is 2.11. The first kappa shape index (κ1) is 17.5. The van der Waals surface area contributed by atoms with Gasteiger partial charge in [0.05, 0.1) is 18.2 Å². The molecule has 0 fully saturated rings. The minimum absolute atomic E-state index is 0.188. The Bertz CT molecular complexity index is 594. The van der Waals surface area contributed by atoms with Crippen molar-refractivity contribution in [3.63, 3.8) is 0 Å². The molecule has 1 aromatic rings. The topological polar surface area (TPSA) is 68.6 Å². The van der Waals surface area contributed by atoms with Crippen molar-refractivity contribution in [1.82, 2.24) is 0 Å². The third kappa shape index (κ3) is 4.76. The fraction of sp³-hybridized carbons (Fsp3) is 0.333. The number of nitrogens with zero attached hydrogens (tertiary/aromatic N) is 1. The van der Waals surface area contributed by atoms with Crippen molar-refractivity contribution in [3.05, 3.63) is 23.3 Å². The molecule has 0 unspecified atom stereocenters. The molecule has 0 amide bonds. The number of benzene rings is 1. The van der Waals surface area contributed by atoms with Crippen LogP contribution in [-0.2, 0) is 4.74 Å². The number of alkyl halides is 5. The maximum absolute atomic E-state index is 12.4. The lowest BCUT2D eigenvalue weighted by molar-refractivity contribution is -0.275. The number of nitriles is 1. The highest BCUT2D eigenvalue weighted by atomic mass is 19.4. The van der Waals surface area contributed by atoms with Crippen LogP contribution >= 0.6 is 0 Å². The Kier molecular flexibility index (Phi) is 5.50. The van der Waals surface area contributed by atoms with Crippen LogP contribution in [0.15, 0.2) is 12.1 Å². The van der Waals surface area contributed by atoms with Gasteiger partial charge in [-0.3, -0.25) is 0 Å². The molecule has 0 aliphatic rings. The number of carbonyl (C=O) groups excluding carboxylic acids is 1. The summed E-state index contributed by atoms with van der Waals surface area (Å²) in [7, 11) is 0. The number of hydrogen-bond acceptors (Lipinski definition) is 5. The third-order valence-corrected chi connectivity index (χ3v) is 2.11. The van der Waals surface area contributed by atoms with E-state index >= 15 is 0 Å². The molecule has 0 heterocycles. The molecule has 0 saturated heterocycles. The Morgan fingerprint density at radius 2 is 2.00 bits per heavy atom. The van der Waals surface area contributed by atoms with Crippen LogP contribution in [0.3, 0.4) is 0 Å². The van der Waals surface area contributed by atoms with Gasteiger partial charge in [0.2, 0.25) is 0 Å². The first-order chi connectivity index (χ1) is 10.2. The molecular weight excluding hydrogens is 317 g/mol. The Balaban J connectivity index is 3.48. The molecule has 0 atom stereocenters. The molecule has 0 N–H and O–H groups in total. The molecule has 1 aromatic carbocycles. The van der Waals surface area contributed by atoms with Crippen molar-refractivity contribution in [2.24, 2.45) is 0 Å². The van der Waals surface area contributed by atoms with Crippen LogP contribution in [0.5, 0.6) is 11.5 Å². The second-order valence-electron chi connectivity index (χ2n) is 3.61. The second kappa shape index (κ2) is 6.93. The maximum Gasteiger partial charge on any atom is 0.573 e. The molecule has 0 spiro atoms. The minimum Gasteiger partial charge on any atom is -0.462 e. The van der Waals surface area contributed by atoms with Crippen LogP contribution in [-0.4, -0.2) is 25.6 Å². The molecule has 0 saturated carbocycles. The summed E-state index contributed by atoms with van der Waals surface area (Å²) >= 11 is 0. The largest absolute Gasteiger partial charge is 0.573 e.